The first-order valence-electron chi connectivity index (χ1n) is 12.7. The summed E-state index contributed by atoms with van der Waals surface area (Å²) in [7, 11) is 0. The van der Waals surface area contributed by atoms with E-state index in [0.29, 0.717) is 36.3 Å². The third-order valence-corrected chi connectivity index (χ3v) is 7.05. The lowest BCUT2D eigenvalue weighted by atomic mass is 9.95. The number of rotatable bonds is 8. The number of fused-ring (bicyclic) bond motifs is 1. The molecule has 1 aliphatic carbocycles. The van der Waals surface area contributed by atoms with Crippen LogP contribution in [0.15, 0.2) is 41.3 Å². The third-order valence-electron chi connectivity index (χ3n) is 7.05. The van der Waals surface area contributed by atoms with E-state index in [1.807, 2.05) is 32.9 Å². The Morgan fingerprint density at radius 3 is 2.40 bits per heavy atom. The highest BCUT2D eigenvalue weighted by molar-refractivity contribution is 5.67. The summed E-state index contributed by atoms with van der Waals surface area (Å²) in [6.07, 6.45) is 3.46. The fraction of sp³-hybridized carbons (Fsp3) is 0.593. The number of carbonyl (C=O) groups is 1. The molecule has 1 aromatic carbocycles. The van der Waals surface area contributed by atoms with Crippen LogP contribution in [0.2, 0.25) is 0 Å². The van der Waals surface area contributed by atoms with Gasteiger partial charge in [-0.1, -0.05) is 26.0 Å². The molecule has 2 fully saturated rings. The highest BCUT2D eigenvalue weighted by Crippen LogP contribution is 2.52. The number of nitrogens with zero attached hydrogens (tertiary/aromatic N) is 3. The van der Waals surface area contributed by atoms with Crippen LogP contribution >= 0.6 is 0 Å². The fourth-order valence-electron chi connectivity index (χ4n) is 5.38. The Balaban J connectivity index is 1.33. The number of hydrogen-bond acceptors (Lipinski definition) is 6. The van der Waals surface area contributed by atoms with E-state index in [0.717, 1.165) is 31.6 Å². The van der Waals surface area contributed by atoms with Gasteiger partial charge in [-0.15, -0.1) is 0 Å². The second-order valence-electron chi connectivity index (χ2n) is 11.5. The molecule has 3 N–H and O–H groups in total. The predicted molar refractivity (Wildman–Crippen MR) is 137 cm³/mol. The molecule has 0 bridgehead atoms. The molecule has 3 atom stereocenters. The zero-order valence-electron chi connectivity index (χ0n) is 21.5. The Morgan fingerprint density at radius 1 is 1.17 bits per heavy atom. The molecule has 8 nitrogen and oxygen atoms in total. The largest absolute Gasteiger partial charge is 0.444 e. The Hall–Kier alpha value is -2.87. The highest BCUT2D eigenvalue weighted by atomic mass is 16.6. The first kappa shape index (κ1) is 25.2. The zero-order chi connectivity index (χ0) is 25.3. The van der Waals surface area contributed by atoms with E-state index >= 15 is 0 Å². The third kappa shape index (κ3) is 6.42. The van der Waals surface area contributed by atoms with Gasteiger partial charge in [0.05, 0.1) is 5.69 Å². The zero-order valence-corrected chi connectivity index (χ0v) is 21.5. The van der Waals surface area contributed by atoms with E-state index in [9.17, 15) is 9.59 Å². The summed E-state index contributed by atoms with van der Waals surface area (Å²) in [4.78, 5) is 30.6. The normalized spacial score (nSPS) is 22.6. The number of nitrogen functional groups attached to an aromatic ring is 1. The van der Waals surface area contributed by atoms with E-state index in [2.05, 4.69) is 41.2 Å². The van der Waals surface area contributed by atoms with Crippen molar-refractivity contribution in [1.29, 1.82) is 0 Å². The minimum Gasteiger partial charge on any atom is -0.444 e. The molecule has 4 rings (SSSR count). The Labute approximate surface area is 207 Å². The van der Waals surface area contributed by atoms with Gasteiger partial charge in [0, 0.05) is 31.9 Å². The minimum atomic E-state index is -0.468. The molecule has 1 saturated carbocycles. The second-order valence-corrected chi connectivity index (χ2v) is 11.5. The Bertz CT molecular complexity index is 1080. The summed E-state index contributed by atoms with van der Waals surface area (Å²) < 4.78 is 6.87. The molecular formula is C27H39N5O3. The number of piperidine rings is 1. The van der Waals surface area contributed by atoms with Gasteiger partial charge in [0.2, 0.25) is 0 Å². The Morgan fingerprint density at radius 2 is 1.83 bits per heavy atom. The molecule has 190 valence electrons. The number of hydrogen-bond donors (Lipinski definition) is 2. The highest BCUT2D eigenvalue weighted by Gasteiger charge is 2.56. The molecular weight excluding hydrogens is 442 g/mol. The van der Waals surface area contributed by atoms with Crippen molar-refractivity contribution in [3.8, 4) is 5.69 Å². The molecule has 8 heteroatoms. The number of carbonyl (C=O) groups excluding carboxylic acids is 1. The summed E-state index contributed by atoms with van der Waals surface area (Å²) >= 11 is 0. The lowest BCUT2D eigenvalue weighted by molar-refractivity contribution is 0.0521. The molecule has 1 aliphatic heterocycles. The quantitative estimate of drug-likeness (QED) is 0.599. The average Bonchev–Trinajstić information content (AvgIpc) is 3.19. The number of nitrogens with two attached hydrogens (primary N) is 1. The van der Waals surface area contributed by atoms with Crippen molar-refractivity contribution in [2.75, 3.05) is 25.4 Å². The standard InChI is InChI=1S/C27H39N5O3/c1-17(2)12-20(13-18-6-8-19(9-7-18)32-11-10-24(28)30-25(32)33)31-15-22-21(23(22)16-31)14-29-26(34)35-27(3,4)5/h6-11,17,20-23H,12-16H2,1-5H3,(H,29,34)(H2,28,30,33). The van der Waals surface area contributed by atoms with Crippen LogP contribution in [0, 0.1) is 23.7 Å². The van der Waals surface area contributed by atoms with Gasteiger partial charge in [-0.3, -0.25) is 9.47 Å². The van der Waals surface area contributed by atoms with Crippen LogP contribution in [-0.2, 0) is 11.2 Å². The Kier molecular flexibility index (Phi) is 7.22. The number of nitrogens with one attached hydrogen (secondary N) is 1. The maximum atomic E-state index is 12.1. The molecule has 2 aromatic rings. The van der Waals surface area contributed by atoms with Crippen molar-refractivity contribution >= 4 is 11.9 Å². The molecule has 1 aromatic heterocycles. The van der Waals surface area contributed by atoms with Crippen LogP contribution in [-0.4, -0.2) is 51.8 Å². The first-order chi connectivity index (χ1) is 16.5. The summed E-state index contributed by atoms with van der Waals surface area (Å²) in [6, 6.07) is 10.3. The van der Waals surface area contributed by atoms with Gasteiger partial charge in [-0.2, -0.15) is 4.98 Å². The van der Waals surface area contributed by atoms with Crippen LogP contribution < -0.4 is 16.7 Å². The number of benzene rings is 1. The van der Waals surface area contributed by atoms with Crippen molar-refractivity contribution in [2.24, 2.45) is 23.7 Å². The number of amides is 1. The molecule has 1 saturated heterocycles. The summed E-state index contributed by atoms with van der Waals surface area (Å²) in [5.74, 6) is 2.72. The van der Waals surface area contributed by atoms with Gasteiger partial charge in [-0.25, -0.2) is 9.59 Å². The van der Waals surface area contributed by atoms with Crippen molar-refractivity contribution in [1.82, 2.24) is 19.8 Å². The maximum absolute atomic E-state index is 12.1. The molecule has 1 amide bonds. The van der Waals surface area contributed by atoms with Gasteiger partial charge in [0.25, 0.3) is 0 Å². The SMILES string of the molecule is CC(C)CC(Cc1ccc(-n2ccc(N)nc2=O)cc1)N1CC2C(CNC(=O)OC(C)(C)C)C2C1. The number of aromatic nitrogens is 2. The lowest BCUT2D eigenvalue weighted by Gasteiger charge is -2.31. The van der Waals surface area contributed by atoms with Gasteiger partial charge < -0.3 is 15.8 Å². The van der Waals surface area contributed by atoms with Gasteiger partial charge in [0.1, 0.15) is 11.4 Å². The van der Waals surface area contributed by atoms with Crippen LogP contribution in [0.1, 0.15) is 46.6 Å². The van der Waals surface area contributed by atoms with Crippen molar-refractivity contribution in [2.45, 2.75) is 59.1 Å². The van der Waals surface area contributed by atoms with E-state index < -0.39 is 5.60 Å². The van der Waals surface area contributed by atoms with Gasteiger partial charge in [-0.05, 0) is 81.0 Å². The number of alkyl carbamates (subject to hydrolysis) is 1. The van der Waals surface area contributed by atoms with Gasteiger partial charge in [0.15, 0.2) is 0 Å². The van der Waals surface area contributed by atoms with Crippen LogP contribution in [0.5, 0.6) is 0 Å². The van der Waals surface area contributed by atoms with Crippen molar-refractivity contribution in [3.05, 3.63) is 52.6 Å². The molecule has 2 heterocycles. The number of likely N-dealkylation sites (tertiary alicyclic amines) is 1. The molecule has 0 radical (unpaired) electrons. The lowest BCUT2D eigenvalue weighted by Crippen LogP contribution is -2.39. The minimum absolute atomic E-state index is 0.228. The summed E-state index contributed by atoms with van der Waals surface area (Å²) in [6.45, 7) is 13.1. The fourth-order valence-corrected chi connectivity index (χ4v) is 5.38. The summed E-state index contributed by atoms with van der Waals surface area (Å²) in [5, 5.41) is 2.96. The second kappa shape index (κ2) is 10.0. The molecule has 35 heavy (non-hydrogen) atoms. The molecule has 2 aliphatic rings. The average molecular weight is 482 g/mol. The van der Waals surface area contributed by atoms with Crippen LogP contribution in [0.3, 0.4) is 0 Å². The monoisotopic (exact) mass is 481 g/mol. The van der Waals surface area contributed by atoms with E-state index in [-0.39, 0.29) is 17.6 Å². The molecule has 0 spiro atoms. The number of ether oxygens (including phenoxy) is 1. The van der Waals surface area contributed by atoms with E-state index in [1.165, 1.54) is 10.1 Å². The van der Waals surface area contributed by atoms with Crippen LogP contribution in [0.4, 0.5) is 10.6 Å². The van der Waals surface area contributed by atoms with Gasteiger partial charge >= 0.3 is 11.8 Å². The first-order valence-corrected chi connectivity index (χ1v) is 12.7. The summed E-state index contributed by atoms with van der Waals surface area (Å²) in [5.41, 5.74) is 6.81. The maximum Gasteiger partial charge on any atom is 0.407 e. The van der Waals surface area contributed by atoms with E-state index in [4.69, 9.17) is 10.5 Å². The van der Waals surface area contributed by atoms with E-state index in [1.54, 1.807) is 12.3 Å². The number of anilines is 1. The van der Waals surface area contributed by atoms with Crippen molar-refractivity contribution < 1.29 is 9.53 Å². The predicted octanol–water partition coefficient (Wildman–Crippen LogP) is 3.47. The van der Waals surface area contributed by atoms with Crippen LogP contribution in [0.25, 0.3) is 5.69 Å². The topological polar surface area (TPSA) is 102 Å². The smallest absolute Gasteiger partial charge is 0.407 e. The molecule has 3 unspecified atom stereocenters. The van der Waals surface area contributed by atoms with Crippen molar-refractivity contribution in [3.63, 3.8) is 0 Å².